The molecule has 27 heavy (non-hydrogen) atoms. The maximum atomic E-state index is 12.5. The van der Waals surface area contributed by atoms with Gasteiger partial charge in [-0.15, -0.1) is 5.10 Å². The molecule has 0 unspecified atom stereocenters. The van der Waals surface area contributed by atoms with Crippen molar-refractivity contribution in [1.29, 1.82) is 0 Å². The van der Waals surface area contributed by atoms with Crippen molar-refractivity contribution in [2.24, 2.45) is 0 Å². The Labute approximate surface area is 161 Å². The van der Waals surface area contributed by atoms with Crippen LogP contribution in [-0.2, 0) is 6.42 Å². The topological polar surface area (TPSA) is 68.2 Å². The Morgan fingerprint density at radius 3 is 3.11 bits per heavy atom. The van der Waals surface area contributed by atoms with Crippen molar-refractivity contribution in [1.82, 2.24) is 19.5 Å². The normalized spacial score (nSPS) is 18.4. The summed E-state index contributed by atoms with van der Waals surface area (Å²) in [7, 11) is 0. The highest BCUT2D eigenvalue weighted by molar-refractivity contribution is 7.03. The van der Waals surface area contributed by atoms with Gasteiger partial charge < -0.3 is 9.64 Å². The molecule has 7 heteroatoms. The first-order valence-electron chi connectivity index (χ1n) is 9.06. The molecule has 0 spiro atoms. The fourth-order valence-electron chi connectivity index (χ4n) is 3.84. The van der Waals surface area contributed by atoms with Gasteiger partial charge in [-0.3, -0.25) is 9.78 Å². The van der Waals surface area contributed by atoms with E-state index in [2.05, 4.69) is 38.8 Å². The molecule has 0 bridgehead atoms. The standard InChI is InChI=1S/C20H18N4O2S/c25-20(18-12-27-23-22-18)24-7-4-16(11-24)13-3-6-21-17(10-13)14-1-2-19-15(9-14)5-8-26-19/h1-3,6,9-10,12,16H,4-5,7-8,11H2/t16-/m1/s1. The van der Waals surface area contributed by atoms with Crippen molar-refractivity contribution in [2.75, 3.05) is 19.7 Å². The maximum Gasteiger partial charge on any atom is 0.275 e. The summed E-state index contributed by atoms with van der Waals surface area (Å²) in [4.78, 5) is 18.9. The van der Waals surface area contributed by atoms with Gasteiger partial charge in [-0.25, -0.2) is 0 Å². The lowest BCUT2D eigenvalue weighted by Crippen LogP contribution is -2.28. The SMILES string of the molecule is O=C(c1csnn1)N1CC[C@@H](c2ccnc(-c3ccc4c(c3)CCO4)c2)C1. The number of carbonyl (C=O) groups is 1. The highest BCUT2D eigenvalue weighted by Crippen LogP contribution is 2.33. The molecule has 1 fully saturated rings. The maximum absolute atomic E-state index is 12.5. The van der Waals surface area contributed by atoms with Crippen molar-refractivity contribution >= 4 is 17.4 Å². The summed E-state index contributed by atoms with van der Waals surface area (Å²) in [5, 5.41) is 5.60. The predicted molar refractivity (Wildman–Crippen MR) is 102 cm³/mol. The molecule has 136 valence electrons. The summed E-state index contributed by atoms with van der Waals surface area (Å²) in [6, 6.07) is 10.5. The van der Waals surface area contributed by atoms with E-state index in [1.165, 1.54) is 22.7 Å². The average molecular weight is 378 g/mol. The molecule has 2 aliphatic rings. The minimum atomic E-state index is -0.0286. The van der Waals surface area contributed by atoms with Gasteiger partial charge in [0.15, 0.2) is 5.69 Å². The van der Waals surface area contributed by atoms with Crippen molar-refractivity contribution in [3.63, 3.8) is 0 Å². The zero-order valence-corrected chi connectivity index (χ0v) is 15.5. The van der Waals surface area contributed by atoms with E-state index in [1.54, 1.807) is 5.38 Å². The molecular formula is C20H18N4O2S. The Balaban J connectivity index is 1.36. The summed E-state index contributed by atoms with van der Waals surface area (Å²) in [5.41, 5.74) is 4.99. The van der Waals surface area contributed by atoms with E-state index < -0.39 is 0 Å². The lowest BCUT2D eigenvalue weighted by Gasteiger charge is -2.15. The van der Waals surface area contributed by atoms with Gasteiger partial charge in [0, 0.05) is 42.6 Å². The smallest absolute Gasteiger partial charge is 0.275 e. The van der Waals surface area contributed by atoms with E-state index in [0.29, 0.717) is 18.2 Å². The molecule has 2 aliphatic heterocycles. The molecule has 0 saturated carbocycles. The average Bonchev–Trinajstić information content (AvgIpc) is 3.48. The molecule has 1 saturated heterocycles. The molecule has 0 aliphatic carbocycles. The number of hydrogen-bond donors (Lipinski definition) is 0. The predicted octanol–water partition coefficient (Wildman–Crippen LogP) is 3.16. The number of fused-ring (bicyclic) bond motifs is 1. The number of nitrogens with zero attached hydrogens (tertiary/aromatic N) is 4. The first-order valence-corrected chi connectivity index (χ1v) is 9.90. The molecular weight excluding hydrogens is 360 g/mol. The van der Waals surface area contributed by atoms with Crippen LogP contribution < -0.4 is 4.74 Å². The summed E-state index contributed by atoms with van der Waals surface area (Å²) >= 11 is 1.21. The van der Waals surface area contributed by atoms with Gasteiger partial charge in [0.05, 0.1) is 12.3 Å². The lowest BCUT2D eigenvalue weighted by atomic mass is 9.97. The minimum Gasteiger partial charge on any atom is -0.493 e. The zero-order valence-electron chi connectivity index (χ0n) is 14.7. The fraction of sp³-hybridized carbons (Fsp3) is 0.300. The number of likely N-dealkylation sites (tertiary alicyclic amines) is 1. The van der Waals surface area contributed by atoms with Gasteiger partial charge in [0.25, 0.3) is 5.91 Å². The number of benzene rings is 1. The third-order valence-corrected chi connectivity index (χ3v) is 5.80. The Bertz CT molecular complexity index is 989. The van der Waals surface area contributed by atoms with Gasteiger partial charge in [-0.2, -0.15) is 0 Å². The van der Waals surface area contributed by atoms with Crippen LogP contribution in [0.5, 0.6) is 5.75 Å². The first kappa shape index (κ1) is 16.4. The second kappa shape index (κ2) is 6.74. The van der Waals surface area contributed by atoms with Gasteiger partial charge >= 0.3 is 0 Å². The van der Waals surface area contributed by atoms with Crippen molar-refractivity contribution in [3.05, 3.63) is 58.7 Å². The number of amides is 1. The molecule has 5 rings (SSSR count). The first-order chi connectivity index (χ1) is 13.3. The minimum absolute atomic E-state index is 0.0286. The van der Waals surface area contributed by atoms with E-state index in [0.717, 1.165) is 43.0 Å². The van der Waals surface area contributed by atoms with Crippen molar-refractivity contribution in [3.8, 4) is 17.0 Å². The van der Waals surface area contributed by atoms with Gasteiger partial charge in [-0.1, -0.05) is 4.49 Å². The van der Waals surface area contributed by atoms with Gasteiger partial charge in [0.2, 0.25) is 0 Å². The molecule has 6 nitrogen and oxygen atoms in total. The van der Waals surface area contributed by atoms with E-state index in [4.69, 9.17) is 4.74 Å². The summed E-state index contributed by atoms with van der Waals surface area (Å²) in [6.07, 6.45) is 3.77. The second-order valence-corrected chi connectivity index (χ2v) is 7.53. The Morgan fingerprint density at radius 2 is 2.22 bits per heavy atom. The Kier molecular flexibility index (Phi) is 4.09. The van der Waals surface area contributed by atoms with Crippen LogP contribution in [0.1, 0.15) is 34.0 Å². The van der Waals surface area contributed by atoms with Crippen LogP contribution in [0.25, 0.3) is 11.3 Å². The number of rotatable bonds is 3. The number of ether oxygens (including phenoxy) is 1. The van der Waals surface area contributed by atoms with Gasteiger partial charge in [-0.05, 0) is 59.4 Å². The number of carbonyl (C=O) groups excluding carboxylic acids is 1. The summed E-state index contributed by atoms with van der Waals surface area (Å²) in [6.45, 7) is 2.21. The van der Waals surface area contributed by atoms with Crippen molar-refractivity contribution in [2.45, 2.75) is 18.8 Å². The largest absolute Gasteiger partial charge is 0.493 e. The molecule has 0 radical (unpaired) electrons. The fourth-order valence-corrected chi connectivity index (χ4v) is 4.27. The van der Waals surface area contributed by atoms with Crippen molar-refractivity contribution < 1.29 is 9.53 Å². The molecule has 2 aromatic heterocycles. The van der Waals surface area contributed by atoms with Crippen LogP contribution in [-0.4, -0.2) is 45.1 Å². The molecule has 4 heterocycles. The quantitative estimate of drug-likeness (QED) is 0.700. The summed E-state index contributed by atoms with van der Waals surface area (Å²) < 4.78 is 9.38. The van der Waals surface area contributed by atoms with Crippen LogP contribution in [0.15, 0.2) is 41.9 Å². The van der Waals surface area contributed by atoms with Crippen LogP contribution in [0.4, 0.5) is 0 Å². The van der Waals surface area contributed by atoms with E-state index in [1.807, 2.05) is 17.2 Å². The lowest BCUT2D eigenvalue weighted by molar-refractivity contribution is 0.0785. The number of aromatic nitrogens is 3. The van der Waals surface area contributed by atoms with Crippen LogP contribution >= 0.6 is 11.5 Å². The second-order valence-electron chi connectivity index (χ2n) is 6.92. The monoisotopic (exact) mass is 378 g/mol. The van der Waals surface area contributed by atoms with Crippen LogP contribution in [0, 0.1) is 0 Å². The molecule has 3 aromatic rings. The summed E-state index contributed by atoms with van der Waals surface area (Å²) in [5.74, 6) is 1.27. The van der Waals surface area contributed by atoms with Gasteiger partial charge in [0.1, 0.15) is 5.75 Å². The Hall–Kier alpha value is -2.80. The molecule has 1 aromatic carbocycles. The third kappa shape index (κ3) is 3.08. The third-order valence-electron chi connectivity index (χ3n) is 5.30. The van der Waals surface area contributed by atoms with Crippen LogP contribution in [0.3, 0.4) is 0 Å². The number of pyridine rings is 1. The Morgan fingerprint density at radius 1 is 1.26 bits per heavy atom. The molecule has 1 amide bonds. The van der Waals surface area contributed by atoms with E-state index in [-0.39, 0.29) is 5.91 Å². The highest BCUT2D eigenvalue weighted by atomic mass is 32.1. The highest BCUT2D eigenvalue weighted by Gasteiger charge is 2.29. The number of hydrogen-bond acceptors (Lipinski definition) is 6. The van der Waals surface area contributed by atoms with E-state index >= 15 is 0 Å². The molecule has 0 N–H and O–H groups in total. The van der Waals surface area contributed by atoms with Crippen LogP contribution in [0.2, 0.25) is 0 Å². The molecule has 1 atom stereocenters. The zero-order chi connectivity index (χ0) is 18.2. The van der Waals surface area contributed by atoms with E-state index in [9.17, 15) is 4.79 Å².